The Morgan fingerprint density at radius 2 is 1.64 bits per heavy atom. The number of ether oxygens (including phenoxy) is 1. The third-order valence-electron chi connectivity index (χ3n) is 6.60. The Bertz CT molecular complexity index is 1430. The molecule has 1 aliphatic heterocycles. The summed E-state index contributed by atoms with van der Waals surface area (Å²) in [6.07, 6.45) is 5.69. The molecule has 5 heteroatoms. The molecule has 5 nitrogen and oxygen atoms in total. The van der Waals surface area contributed by atoms with Gasteiger partial charge in [-0.15, -0.1) is 0 Å². The van der Waals surface area contributed by atoms with Crippen LogP contribution in [0, 0.1) is 0 Å². The third-order valence-corrected chi connectivity index (χ3v) is 6.60. The van der Waals surface area contributed by atoms with Gasteiger partial charge in [-0.3, -0.25) is 4.57 Å². The molecule has 0 amide bonds. The average Bonchev–Trinajstić information content (AvgIpc) is 3.32. The molecule has 0 saturated carbocycles. The highest BCUT2D eigenvalue weighted by Gasteiger charge is 2.15. The van der Waals surface area contributed by atoms with Crippen molar-refractivity contribution in [1.82, 2.24) is 14.5 Å². The van der Waals surface area contributed by atoms with Crippen molar-refractivity contribution in [2.24, 2.45) is 0 Å². The Hall–Kier alpha value is -3.86. The second kappa shape index (κ2) is 8.24. The van der Waals surface area contributed by atoms with Gasteiger partial charge in [-0.1, -0.05) is 30.3 Å². The summed E-state index contributed by atoms with van der Waals surface area (Å²) in [5.74, 6) is 1.75. The number of methoxy groups -OCH3 is 1. The van der Waals surface area contributed by atoms with Crippen molar-refractivity contribution in [3.63, 3.8) is 0 Å². The number of para-hydroxylation sites is 1. The maximum atomic E-state index is 5.28. The minimum Gasteiger partial charge on any atom is -0.497 e. The van der Waals surface area contributed by atoms with Gasteiger partial charge in [0, 0.05) is 18.5 Å². The van der Waals surface area contributed by atoms with E-state index < -0.39 is 0 Å². The Balaban J connectivity index is 1.40. The minimum absolute atomic E-state index is 0.857. The number of fused-ring (bicyclic) bond motifs is 2. The Labute approximate surface area is 193 Å². The first-order valence-corrected chi connectivity index (χ1v) is 11.6. The van der Waals surface area contributed by atoms with Crippen LogP contribution in [0.5, 0.6) is 5.75 Å². The number of pyridine rings is 1. The van der Waals surface area contributed by atoms with Crippen LogP contribution in [-0.2, 0) is 0 Å². The van der Waals surface area contributed by atoms with Gasteiger partial charge in [-0.05, 0) is 72.9 Å². The fraction of sp³-hybridized carbons (Fsp3) is 0.214. The number of rotatable bonds is 4. The van der Waals surface area contributed by atoms with Gasteiger partial charge in [0.1, 0.15) is 17.9 Å². The number of imidazole rings is 1. The van der Waals surface area contributed by atoms with E-state index in [9.17, 15) is 0 Å². The van der Waals surface area contributed by atoms with Crippen LogP contribution in [0.4, 0.5) is 5.69 Å². The second-order valence-corrected chi connectivity index (χ2v) is 8.61. The van der Waals surface area contributed by atoms with Gasteiger partial charge >= 0.3 is 0 Å². The molecule has 2 aromatic heterocycles. The second-order valence-electron chi connectivity index (χ2n) is 8.61. The van der Waals surface area contributed by atoms with E-state index >= 15 is 0 Å². The molecular weight excluding hydrogens is 408 g/mol. The molecule has 0 radical (unpaired) electrons. The van der Waals surface area contributed by atoms with E-state index in [1.54, 1.807) is 7.11 Å². The van der Waals surface area contributed by atoms with E-state index in [1.165, 1.54) is 30.3 Å². The fourth-order valence-electron chi connectivity index (χ4n) is 4.80. The zero-order valence-corrected chi connectivity index (χ0v) is 18.7. The van der Waals surface area contributed by atoms with Crippen molar-refractivity contribution >= 4 is 27.6 Å². The normalized spacial score (nSPS) is 14.2. The summed E-state index contributed by atoms with van der Waals surface area (Å²) in [5.41, 5.74) is 6.58. The van der Waals surface area contributed by atoms with Crippen molar-refractivity contribution in [1.29, 1.82) is 0 Å². The first-order valence-electron chi connectivity index (χ1n) is 11.6. The summed E-state index contributed by atoms with van der Waals surface area (Å²) in [6.45, 7) is 2.21. The Morgan fingerprint density at radius 1 is 0.818 bits per heavy atom. The topological polar surface area (TPSA) is 43.2 Å². The number of benzene rings is 3. The number of nitrogens with zero attached hydrogens (tertiary/aromatic N) is 4. The van der Waals surface area contributed by atoms with E-state index in [4.69, 9.17) is 14.7 Å². The van der Waals surface area contributed by atoms with Crippen LogP contribution >= 0.6 is 0 Å². The number of anilines is 1. The lowest BCUT2D eigenvalue weighted by Crippen LogP contribution is -2.29. The smallest absolute Gasteiger partial charge is 0.139 e. The van der Waals surface area contributed by atoms with Gasteiger partial charge in [0.25, 0.3) is 0 Å². The van der Waals surface area contributed by atoms with Gasteiger partial charge in [-0.25, -0.2) is 9.97 Å². The summed E-state index contributed by atoms with van der Waals surface area (Å²) >= 11 is 0. The molecule has 6 rings (SSSR count). The molecule has 0 spiro atoms. The molecule has 3 heterocycles. The summed E-state index contributed by atoms with van der Waals surface area (Å²) in [4.78, 5) is 12.3. The van der Waals surface area contributed by atoms with Crippen LogP contribution in [0.25, 0.3) is 38.9 Å². The zero-order chi connectivity index (χ0) is 22.2. The van der Waals surface area contributed by atoms with Crippen LogP contribution in [0.1, 0.15) is 19.3 Å². The predicted octanol–water partition coefficient (Wildman–Crippen LogP) is 6.24. The van der Waals surface area contributed by atoms with Gasteiger partial charge in [-0.2, -0.15) is 0 Å². The van der Waals surface area contributed by atoms with Crippen molar-refractivity contribution < 1.29 is 4.74 Å². The average molecular weight is 435 g/mol. The van der Waals surface area contributed by atoms with Crippen molar-refractivity contribution in [3.05, 3.63) is 79.1 Å². The molecule has 0 bridgehead atoms. The SMILES string of the molecule is COc1ccc(-c2ccc3c(c2)ncn3-c2ccc3cccc(N4CCCCC4)c3n2)cc1. The lowest BCUT2D eigenvalue weighted by Gasteiger charge is -2.29. The Kier molecular flexibility index (Phi) is 4.95. The maximum absolute atomic E-state index is 5.28. The van der Waals surface area contributed by atoms with Crippen molar-refractivity contribution in [2.75, 3.05) is 25.1 Å². The summed E-state index contributed by atoms with van der Waals surface area (Å²) in [7, 11) is 1.68. The van der Waals surface area contributed by atoms with Crippen molar-refractivity contribution in [2.45, 2.75) is 19.3 Å². The number of piperidine rings is 1. The highest BCUT2D eigenvalue weighted by molar-refractivity contribution is 5.92. The molecule has 1 saturated heterocycles. The summed E-state index contributed by atoms with van der Waals surface area (Å²) in [5, 5.41) is 1.17. The molecule has 33 heavy (non-hydrogen) atoms. The van der Waals surface area contributed by atoms with Gasteiger partial charge < -0.3 is 9.64 Å². The monoisotopic (exact) mass is 434 g/mol. The maximum Gasteiger partial charge on any atom is 0.139 e. The van der Waals surface area contributed by atoms with Gasteiger partial charge in [0.15, 0.2) is 0 Å². The van der Waals surface area contributed by atoms with Crippen LogP contribution < -0.4 is 9.64 Å². The first kappa shape index (κ1) is 19.8. The van der Waals surface area contributed by atoms with Gasteiger partial charge in [0.2, 0.25) is 0 Å². The van der Waals surface area contributed by atoms with Crippen molar-refractivity contribution in [3.8, 4) is 22.7 Å². The molecule has 164 valence electrons. The highest BCUT2D eigenvalue weighted by Crippen LogP contribution is 2.30. The molecular formula is C28H26N4O. The molecule has 0 aliphatic carbocycles. The zero-order valence-electron chi connectivity index (χ0n) is 18.7. The quantitative estimate of drug-likeness (QED) is 0.336. The van der Waals surface area contributed by atoms with E-state index in [0.29, 0.717) is 0 Å². The highest BCUT2D eigenvalue weighted by atomic mass is 16.5. The standard InChI is InChI=1S/C28H26N4O/c1-33-23-12-8-20(9-13-23)22-10-14-25-24(18-22)29-19-32(25)27-15-11-21-6-5-7-26(28(21)30-27)31-16-3-2-4-17-31/h5-15,18-19H,2-4,16-17H2,1H3. The number of aromatic nitrogens is 3. The van der Waals surface area contributed by atoms with E-state index in [2.05, 4.69) is 70.1 Å². The lowest BCUT2D eigenvalue weighted by molar-refractivity contribution is 0.415. The van der Waals surface area contributed by atoms with Crippen LogP contribution in [-0.4, -0.2) is 34.7 Å². The molecule has 1 fully saturated rings. The predicted molar refractivity (Wildman–Crippen MR) is 134 cm³/mol. The minimum atomic E-state index is 0.857. The van der Waals surface area contributed by atoms with Crippen LogP contribution in [0.2, 0.25) is 0 Å². The van der Waals surface area contributed by atoms with Crippen LogP contribution in [0.15, 0.2) is 79.1 Å². The summed E-state index contributed by atoms with van der Waals surface area (Å²) < 4.78 is 7.36. The first-order chi connectivity index (χ1) is 16.3. The largest absolute Gasteiger partial charge is 0.497 e. The molecule has 3 aromatic carbocycles. The molecule has 0 unspecified atom stereocenters. The van der Waals surface area contributed by atoms with E-state index in [0.717, 1.165) is 52.3 Å². The van der Waals surface area contributed by atoms with Crippen LogP contribution in [0.3, 0.4) is 0 Å². The fourth-order valence-corrected chi connectivity index (χ4v) is 4.80. The van der Waals surface area contributed by atoms with E-state index in [1.807, 2.05) is 18.5 Å². The third kappa shape index (κ3) is 3.59. The molecule has 1 aliphatic rings. The molecule has 0 N–H and O–H groups in total. The number of hydrogen-bond donors (Lipinski definition) is 0. The molecule has 5 aromatic rings. The lowest BCUT2D eigenvalue weighted by atomic mass is 10.1. The Morgan fingerprint density at radius 3 is 2.45 bits per heavy atom. The van der Waals surface area contributed by atoms with E-state index in [-0.39, 0.29) is 0 Å². The summed E-state index contributed by atoms with van der Waals surface area (Å²) in [6, 6.07) is 25.3. The molecule has 0 atom stereocenters. The van der Waals surface area contributed by atoms with Gasteiger partial charge in [0.05, 0.1) is 29.3 Å². The number of hydrogen-bond acceptors (Lipinski definition) is 4.